The molecule has 1 atom stereocenters. The first kappa shape index (κ1) is 19.3. The lowest BCUT2D eigenvalue weighted by Gasteiger charge is -2.33. The highest BCUT2D eigenvalue weighted by atomic mass is 16.5. The third kappa shape index (κ3) is 7.04. The van der Waals surface area contributed by atoms with Crippen molar-refractivity contribution < 1.29 is 30.1 Å². The molecule has 1 aliphatic rings. The third-order valence-electron chi connectivity index (χ3n) is 4.32. The van der Waals surface area contributed by atoms with E-state index in [1.807, 2.05) is 0 Å². The molecule has 1 heterocycles. The van der Waals surface area contributed by atoms with Gasteiger partial charge >= 0.3 is 12.7 Å². The molecule has 22 heavy (non-hydrogen) atoms. The SMILES string of the molecule is N[C@](CCCC[B-](O)(O)O)(CCN1CCC(O)CC1)C(=O)O. The fourth-order valence-electron chi connectivity index (χ4n) is 2.70. The van der Waals surface area contributed by atoms with Gasteiger partial charge in [0.25, 0.3) is 0 Å². The Labute approximate surface area is 130 Å². The van der Waals surface area contributed by atoms with Crippen LogP contribution in [0.2, 0.25) is 6.32 Å². The zero-order chi connectivity index (χ0) is 16.8. The molecule has 1 rings (SSSR count). The van der Waals surface area contributed by atoms with Crippen LogP contribution in [0, 0.1) is 0 Å². The van der Waals surface area contributed by atoms with Gasteiger partial charge < -0.3 is 35.9 Å². The topological polar surface area (TPSA) is 147 Å². The highest BCUT2D eigenvalue weighted by Crippen LogP contribution is 2.20. The molecule has 0 aromatic carbocycles. The van der Waals surface area contributed by atoms with Crippen LogP contribution in [0.4, 0.5) is 0 Å². The lowest BCUT2D eigenvalue weighted by Crippen LogP contribution is -2.51. The predicted octanol–water partition coefficient (Wildman–Crippen LogP) is -1.30. The van der Waals surface area contributed by atoms with Gasteiger partial charge in [0.05, 0.1) is 6.10 Å². The Morgan fingerprint density at radius 1 is 1.18 bits per heavy atom. The van der Waals surface area contributed by atoms with Gasteiger partial charge in [0, 0.05) is 19.6 Å². The second-order valence-electron chi connectivity index (χ2n) is 6.42. The van der Waals surface area contributed by atoms with Crippen molar-refractivity contribution in [2.45, 2.75) is 56.5 Å². The minimum Gasteiger partial charge on any atom is -0.560 e. The van der Waals surface area contributed by atoms with Crippen molar-refractivity contribution in [3.8, 4) is 0 Å². The smallest absolute Gasteiger partial charge is 0.371 e. The van der Waals surface area contributed by atoms with Crippen LogP contribution >= 0.6 is 0 Å². The summed E-state index contributed by atoms with van der Waals surface area (Å²) >= 11 is 0. The second kappa shape index (κ2) is 8.23. The number of aliphatic hydroxyl groups excluding tert-OH is 1. The summed E-state index contributed by atoms with van der Waals surface area (Å²) in [7, 11) is 0. The number of rotatable bonds is 9. The number of likely N-dealkylation sites (tertiary alicyclic amines) is 1. The van der Waals surface area contributed by atoms with Crippen LogP contribution in [0.25, 0.3) is 0 Å². The molecule has 0 spiro atoms. The zero-order valence-electron chi connectivity index (χ0n) is 12.9. The fraction of sp³-hybridized carbons (Fsp3) is 0.923. The van der Waals surface area contributed by atoms with E-state index in [0.717, 1.165) is 13.1 Å². The highest BCUT2D eigenvalue weighted by Gasteiger charge is 2.34. The molecular formula is C13H28BN2O6-. The van der Waals surface area contributed by atoms with E-state index in [1.54, 1.807) is 0 Å². The van der Waals surface area contributed by atoms with Gasteiger partial charge in [-0.1, -0.05) is 19.2 Å². The van der Waals surface area contributed by atoms with Gasteiger partial charge in [0.15, 0.2) is 0 Å². The Balaban J connectivity index is 2.37. The molecule has 0 bridgehead atoms. The summed E-state index contributed by atoms with van der Waals surface area (Å²) < 4.78 is 0. The Morgan fingerprint density at radius 2 is 1.77 bits per heavy atom. The van der Waals surface area contributed by atoms with Gasteiger partial charge in [-0.3, -0.25) is 4.79 Å². The van der Waals surface area contributed by atoms with Gasteiger partial charge in [-0.2, -0.15) is 0 Å². The Hall–Kier alpha value is -0.705. The van der Waals surface area contributed by atoms with Crippen LogP contribution in [0.5, 0.6) is 0 Å². The molecule has 0 aromatic rings. The van der Waals surface area contributed by atoms with Crippen LogP contribution in [-0.2, 0) is 4.79 Å². The molecule has 1 aliphatic heterocycles. The summed E-state index contributed by atoms with van der Waals surface area (Å²) in [5.74, 6) is -1.07. The maximum atomic E-state index is 11.4. The fourth-order valence-corrected chi connectivity index (χ4v) is 2.70. The maximum Gasteiger partial charge on any atom is 0.371 e. The molecule has 1 saturated heterocycles. The number of aliphatic carboxylic acids is 1. The van der Waals surface area contributed by atoms with Gasteiger partial charge in [-0.15, -0.1) is 0 Å². The number of aliphatic hydroxyl groups is 1. The Bertz CT molecular complexity index is 357. The van der Waals surface area contributed by atoms with Crippen LogP contribution in [0.15, 0.2) is 0 Å². The van der Waals surface area contributed by atoms with E-state index in [-0.39, 0.29) is 18.8 Å². The average Bonchev–Trinajstić information content (AvgIpc) is 2.42. The summed E-state index contributed by atoms with van der Waals surface area (Å²) in [5, 5.41) is 45.3. The minimum atomic E-state index is -3.32. The molecule has 0 saturated carbocycles. The van der Waals surface area contributed by atoms with Gasteiger partial charge in [-0.25, -0.2) is 0 Å². The van der Waals surface area contributed by atoms with Gasteiger partial charge in [0.2, 0.25) is 0 Å². The van der Waals surface area contributed by atoms with Gasteiger partial charge in [-0.05, 0) is 25.7 Å². The molecule has 0 aromatic heterocycles. The van der Waals surface area contributed by atoms with E-state index < -0.39 is 18.3 Å². The molecule has 0 unspecified atom stereocenters. The van der Waals surface area contributed by atoms with Crippen molar-refractivity contribution in [1.82, 2.24) is 4.90 Å². The summed E-state index contributed by atoms with van der Waals surface area (Å²) in [5.41, 5.74) is 4.62. The molecular weight excluding hydrogens is 291 g/mol. The van der Waals surface area contributed by atoms with E-state index in [2.05, 4.69) is 4.90 Å². The molecule has 8 nitrogen and oxygen atoms in total. The van der Waals surface area contributed by atoms with Crippen LogP contribution < -0.4 is 5.73 Å². The molecule has 0 aliphatic carbocycles. The molecule has 130 valence electrons. The quantitative estimate of drug-likeness (QED) is 0.227. The molecule has 7 N–H and O–H groups in total. The number of piperidine rings is 1. The summed E-state index contributed by atoms with van der Waals surface area (Å²) in [6, 6.07) is 0. The Morgan fingerprint density at radius 3 is 2.27 bits per heavy atom. The Kier molecular flexibility index (Phi) is 7.24. The maximum absolute atomic E-state index is 11.4. The lowest BCUT2D eigenvalue weighted by molar-refractivity contribution is -0.144. The lowest BCUT2D eigenvalue weighted by atomic mass is 9.73. The summed E-state index contributed by atoms with van der Waals surface area (Å²) in [4.78, 5) is 13.5. The van der Waals surface area contributed by atoms with Crippen molar-refractivity contribution in [2.24, 2.45) is 5.73 Å². The number of hydrogen-bond donors (Lipinski definition) is 6. The van der Waals surface area contributed by atoms with Crippen LogP contribution in [-0.4, -0.2) is 74.2 Å². The molecule has 0 amide bonds. The van der Waals surface area contributed by atoms with Crippen molar-refractivity contribution in [3.63, 3.8) is 0 Å². The van der Waals surface area contributed by atoms with E-state index in [0.29, 0.717) is 38.6 Å². The monoisotopic (exact) mass is 319 g/mol. The van der Waals surface area contributed by atoms with E-state index >= 15 is 0 Å². The van der Waals surface area contributed by atoms with Crippen molar-refractivity contribution in [1.29, 1.82) is 0 Å². The number of nitrogens with zero attached hydrogens (tertiary/aromatic N) is 1. The first-order chi connectivity index (χ1) is 10.1. The molecule has 1 fully saturated rings. The number of carboxylic acid groups (broad SMARTS) is 1. The van der Waals surface area contributed by atoms with Gasteiger partial charge in [0.1, 0.15) is 5.54 Å². The van der Waals surface area contributed by atoms with Crippen LogP contribution in [0.3, 0.4) is 0 Å². The number of unbranched alkanes of at least 4 members (excludes halogenated alkanes) is 1. The first-order valence-electron chi connectivity index (χ1n) is 7.88. The number of hydrogen-bond acceptors (Lipinski definition) is 7. The van der Waals surface area contributed by atoms with Crippen molar-refractivity contribution in [2.75, 3.05) is 19.6 Å². The number of nitrogens with two attached hydrogens (primary N) is 1. The van der Waals surface area contributed by atoms with E-state index in [4.69, 9.17) is 20.8 Å². The first-order valence-corrected chi connectivity index (χ1v) is 7.88. The second-order valence-corrected chi connectivity index (χ2v) is 6.42. The predicted molar refractivity (Wildman–Crippen MR) is 81.9 cm³/mol. The van der Waals surface area contributed by atoms with Crippen LogP contribution in [0.1, 0.15) is 38.5 Å². The molecule has 9 heteroatoms. The average molecular weight is 319 g/mol. The van der Waals surface area contributed by atoms with E-state index in [1.165, 1.54) is 0 Å². The van der Waals surface area contributed by atoms with Crippen molar-refractivity contribution in [3.05, 3.63) is 0 Å². The minimum absolute atomic E-state index is 0.181. The number of carboxylic acids is 1. The molecule has 0 radical (unpaired) electrons. The largest absolute Gasteiger partial charge is 0.560 e. The zero-order valence-corrected chi connectivity index (χ0v) is 12.9. The van der Waals surface area contributed by atoms with Crippen molar-refractivity contribution >= 4 is 12.7 Å². The summed E-state index contributed by atoms with van der Waals surface area (Å²) in [6.45, 7) is -1.28. The number of carbonyl (C=O) groups is 1. The summed E-state index contributed by atoms with van der Waals surface area (Å²) in [6.07, 6.45) is 2.14. The normalized spacial score (nSPS) is 20.8. The van der Waals surface area contributed by atoms with E-state index in [9.17, 15) is 15.0 Å². The highest BCUT2D eigenvalue weighted by molar-refractivity contribution is 6.56. The third-order valence-corrected chi connectivity index (χ3v) is 4.32. The standard InChI is InChI=1S/C13H28BN2O6/c15-13(12(18)19,5-1-2-7-14(20,21)22)6-10-16-8-3-11(17)4-9-16/h11,17,20-22H,1-10,15H2,(H,18,19)/q-1/t13-/m1/s1.